The lowest BCUT2D eigenvalue weighted by atomic mass is 9.91. The molecule has 1 aliphatic rings. The van der Waals surface area contributed by atoms with E-state index in [0.29, 0.717) is 17.9 Å². The second-order valence-corrected chi connectivity index (χ2v) is 6.04. The zero-order valence-corrected chi connectivity index (χ0v) is 12.6. The topological polar surface area (TPSA) is 72.4 Å². The smallest absolute Gasteiger partial charge is 0.218 e. The Labute approximate surface area is 128 Å². The van der Waals surface area contributed by atoms with Gasteiger partial charge in [-0.15, -0.1) is 0 Å². The van der Waals surface area contributed by atoms with Crippen molar-refractivity contribution in [2.75, 3.05) is 13.1 Å². The quantitative estimate of drug-likeness (QED) is 0.941. The van der Waals surface area contributed by atoms with Gasteiger partial charge in [0, 0.05) is 29.8 Å². The van der Waals surface area contributed by atoms with Crippen LogP contribution in [0.3, 0.4) is 0 Å². The number of hydrogen-bond acceptors (Lipinski definition) is 4. The molecule has 1 atom stereocenters. The monoisotopic (exact) mass is 305 g/mol. The number of likely N-dealkylation sites (tertiary alicyclic amines) is 1. The van der Waals surface area contributed by atoms with Crippen LogP contribution < -0.4 is 5.73 Å². The first-order chi connectivity index (χ1) is 10.5. The summed E-state index contributed by atoms with van der Waals surface area (Å²) in [7, 11) is 0. The summed E-state index contributed by atoms with van der Waals surface area (Å²) < 4.78 is 18.4. The van der Waals surface area contributed by atoms with E-state index in [2.05, 4.69) is 10.1 Å². The minimum atomic E-state index is -0.315. The molecule has 1 aliphatic heterocycles. The van der Waals surface area contributed by atoms with E-state index in [9.17, 15) is 9.18 Å². The van der Waals surface area contributed by atoms with Crippen LogP contribution in [0.25, 0.3) is 11.0 Å². The van der Waals surface area contributed by atoms with Gasteiger partial charge in [0.1, 0.15) is 5.82 Å². The van der Waals surface area contributed by atoms with Gasteiger partial charge in [0.25, 0.3) is 0 Å². The molecule has 0 spiro atoms. The van der Waals surface area contributed by atoms with E-state index in [-0.39, 0.29) is 17.8 Å². The Morgan fingerprint density at radius 1 is 1.50 bits per heavy atom. The highest BCUT2D eigenvalue weighted by Crippen LogP contribution is 2.33. The molecule has 1 saturated heterocycles. The maximum atomic E-state index is 13.2. The highest BCUT2D eigenvalue weighted by Gasteiger charge is 2.27. The van der Waals surface area contributed by atoms with Crippen molar-refractivity contribution in [2.45, 2.75) is 38.1 Å². The molecule has 1 aromatic heterocycles. The number of nitrogens with two attached hydrogens (primary N) is 1. The summed E-state index contributed by atoms with van der Waals surface area (Å²) in [4.78, 5) is 13.3. The molecule has 3 rings (SSSR count). The van der Waals surface area contributed by atoms with Gasteiger partial charge in [-0.1, -0.05) is 5.16 Å². The second kappa shape index (κ2) is 6.04. The highest BCUT2D eigenvalue weighted by atomic mass is 19.1. The molecule has 0 bridgehead atoms. The number of rotatable bonds is 4. The van der Waals surface area contributed by atoms with Gasteiger partial charge in [-0.2, -0.15) is 0 Å². The van der Waals surface area contributed by atoms with E-state index in [1.807, 2.05) is 6.92 Å². The average molecular weight is 305 g/mol. The number of amides is 1. The Kier molecular flexibility index (Phi) is 4.11. The van der Waals surface area contributed by atoms with Crippen LogP contribution in [0, 0.1) is 5.82 Å². The normalized spacial score (nSPS) is 18.6. The Hall–Kier alpha value is -1.95. The maximum absolute atomic E-state index is 13.2. The molecule has 5 nitrogen and oxygen atoms in total. The summed E-state index contributed by atoms with van der Waals surface area (Å²) in [5.74, 6) is -0.270. The number of carbonyl (C=O) groups excluding carboxylic acids is 1. The van der Waals surface area contributed by atoms with Gasteiger partial charge in [-0.3, -0.25) is 4.79 Å². The van der Waals surface area contributed by atoms with Gasteiger partial charge < -0.3 is 15.2 Å². The third kappa shape index (κ3) is 2.97. The van der Waals surface area contributed by atoms with Crippen LogP contribution in [0.1, 0.15) is 37.8 Å². The second-order valence-electron chi connectivity index (χ2n) is 6.04. The molecule has 2 heterocycles. The summed E-state index contributed by atoms with van der Waals surface area (Å²) in [6.45, 7) is 3.82. The lowest BCUT2D eigenvalue weighted by molar-refractivity contribution is -0.119. The summed E-state index contributed by atoms with van der Waals surface area (Å²) in [6, 6.07) is 4.71. The van der Waals surface area contributed by atoms with Crippen LogP contribution in [-0.4, -0.2) is 35.1 Å². The number of aromatic nitrogens is 1. The van der Waals surface area contributed by atoms with Gasteiger partial charge in [-0.05, 0) is 45.0 Å². The molecule has 2 N–H and O–H groups in total. The van der Waals surface area contributed by atoms with Gasteiger partial charge in [0.05, 0.1) is 5.69 Å². The number of primary amides is 1. The van der Waals surface area contributed by atoms with Crippen molar-refractivity contribution in [3.05, 3.63) is 29.7 Å². The number of halogens is 1. The molecule has 1 aromatic carbocycles. The van der Waals surface area contributed by atoms with Crippen LogP contribution in [0.15, 0.2) is 22.7 Å². The van der Waals surface area contributed by atoms with Crippen molar-refractivity contribution in [3.63, 3.8) is 0 Å². The zero-order valence-electron chi connectivity index (χ0n) is 12.6. The molecule has 1 amide bonds. The highest BCUT2D eigenvalue weighted by molar-refractivity contribution is 5.79. The molecule has 0 saturated carbocycles. The largest absolute Gasteiger partial charge is 0.370 e. The number of fused-ring (bicyclic) bond motifs is 1. The van der Waals surface area contributed by atoms with Crippen LogP contribution >= 0.6 is 0 Å². The van der Waals surface area contributed by atoms with E-state index >= 15 is 0 Å². The zero-order chi connectivity index (χ0) is 15.7. The number of carbonyl (C=O) groups is 1. The molecule has 1 fully saturated rings. The first-order valence-electron chi connectivity index (χ1n) is 7.62. The number of piperidine rings is 1. The van der Waals surface area contributed by atoms with E-state index < -0.39 is 0 Å². The molecule has 118 valence electrons. The minimum Gasteiger partial charge on any atom is -0.370 e. The first kappa shape index (κ1) is 15.0. The molecule has 1 unspecified atom stereocenters. The van der Waals surface area contributed by atoms with E-state index in [1.54, 1.807) is 6.07 Å². The third-order valence-corrected chi connectivity index (χ3v) is 4.50. The van der Waals surface area contributed by atoms with Crippen molar-refractivity contribution in [1.29, 1.82) is 0 Å². The van der Waals surface area contributed by atoms with Gasteiger partial charge in [-0.25, -0.2) is 4.39 Å². The molecule has 0 radical (unpaired) electrons. The average Bonchev–Trinajstić information content (AvgIpc) is 2.89. The third-order valence-electron chi connectivity index (χ3n) is 4.50. The van der Waals surface area contributed by atoms with Crippen molar-refractivity contribution in [3.8, 4) is 0 Å². The molecular formula is C16H20FN3O2. The SMILES string of the molecule is CC(CC(N)=O)N1CCC(c2noc3cc(F)ccc23)CC1. The van der Waals surface area contributed by atoms with Crippen molar-refractivity contribution >= 4 is 16.9 Å². The van der Waals surface area contributed by atoms with Gasteiger partial charge in [0.2, 0.25) is 5.91 Å². The van der Waals surface area contributed by atoms with Crippen LogP contribution in [0.5, 0.6) is 0 Å². The predicted octanol–water partition coefficient (Wildman–Crippen LogP) is 2.41. The summed E-state index contributed by atoms with van der Waals surface area (Å²) >= 11 is 0. The van der Waals surface area contributed by atoms with E-state index in [4.69, 9.17) is 10.3 Å². The van der Waals surface area contributed by atoms with E-state index in [1.165, 1.54) is 12.1 Å². The Balaban J connectivity index is 1.69. The predicted molar refractivity (Wildman–Crippen MR) is 80.8 cm³/mol. The molecule has 2 aromatic rings. The summed E-state index contributed by atoms with van der Waals surface area (Å²) in [6.07, 6.45) is 2.28. The summed E-state index contributed by atoms with van der Waals surface area (Å²) in [5.41, 5.74) is 6.67. The summed E-state index contributed by atoms with van der Waals surface area (Å²) in [5, 5.41) is 5.04. The molecule has 22 heavy (non-hydrogen) atoms. The standard InChI is InChI=1S/C16H20FN3O2/c1-10(8-15(18)21)20-6-4-11(5-7-20)16-13-3-2-12(17)9-14(13)22-19-16/h2-3,9-11H,4-8H2,1H3,(H2,18,21). The number of benzene rings is 1. The fraction of sp³-hybridized carbons (Fsp3) is 0.500. The van der Waals surface area contributed by atoms with Crippen molar-refractivity contribution in [1.82, 2.24) is 10.1 Å². The van der Waals surface area contributed by atoms with E-state index in [0.717, 1.165) is 37.0 Å². The minimum absolute atomic E-state index is 0.168. The Bertz CT molecular complexity index is 677. The molecule has 0 aliphatic carbocycles. The van der Waals surface area contributed by atoms with Crippen LogP contribution in [0.4, 0.5) is 4.39 Å². The fourth-order valence-corrected chi connectivity index (χ4v) is 3.26. The van der Waals surface area contributed by atoms with Gasteiger partial charge in [0.15, 0.2) is 5.58 Å². The van der Waals surface area contributed by atoms with Crippen LogP contribution in [0.2, 0.25) is 0 Å². The lowest BCUT2D eigenvalue weighted by Gasteiger charge is -2.35. The fourth-order valence-electron chi connectivity index (χ4n) is 3.26. The number of nitrogens with zero attached hydrogens (tertiary/aromatic N) is 2. The van der Waals surface area contributed by atoms with Crippen LogP contribution in [-0.2, 0) is 4.79 Å². The van der Waals surface area contributed by atoms with Crippen molar-refractivity contribution in [2.24, 2.45) is 5.73 Å². The number of hydrogen-bond donors (Lipinski definition) is 1. The molecule has 6 heteroatoms. The van der Waals surface area contributed by atoms with Crippen molar-refractivity contribution < 1.29 is 13.7 Å². The Morgan fingerprint density at radius 3 is 2.91 bits per heavy atom. The molecular weight excluding hydrogens is 285 g/mol. The lowest BCUT2D eigenvalue weighted by Crippen LogP contribution is -2.41. The maximum Gasteiger partial charge on any atom is 0.218 e. The van der Waals surface area contributed by atoms with Gasteiger partial charge >= 0.3 is 0 Å². The first-order valence-corrected chi connectivity index (χ1v) is 7.62. The Morgan fingerprint density at radius 2 is 2.23 bits per heavy atom.